The minimum atomic E-state index is -3.46. The van der Waals surface area contributed by atoms with E-state index in [4.69, 9.17) is 0 Å². The molecule has 2 aromatic rings. The molecule has 3 rings (SSSR count). The summed E-state index contributed by atoms with van der Waals surface area (Å²) in [6, 6.07) is 9.01. The van der Waals surface area contributed by atoms with E-state index >= 15 is 0 Å². The molecule has 0 amide bonds. The number of hydrogen-bond acceptors (Lipinski definition) is 5. The van der Waals surface area contributed by atoms with Crippen molar-refractivity contribution in [1.29, 1.82) is 0 Å². The zero-order valence-electron chi connectivity index (χ0n) is 14.5. The van der Waals surface area contributed by atoms with Crippen molar-refractivity contribution in [3.05, 3.63) is 52.7 Å². The molecule has 26 heavy (non-hydrogen) atoms. The van der Waals surface area contributed by atoms with Gasteiger partial charge in [0.2, 0.25) is 0 Å². The topological polar surface area (TPSA) is 57.7 Å². The van der Waals surface area contributed by atoms with Crippen molar-refractivity contribution in [3.8, 4) is 0 Å². The summed E-state index contributed by atoms with van der Waals surface area (Å²) in [6.07, 6.45) is 0.819. The van der Waals surface area contributed by atoms with Gasteiger partial charge in [0.1, 0.15) is 10.0 Å². The first-order chi connectivity index (χ1) is 12.4. The lowest BCUT2D eigenvalue weighted by Gasteiger charge is -2.33. The highest BCUT2D eigenvalue weighted by Crippen LogP contribution is 2.26. The van der Waals surface area contributed by atoms with Crippen molar-refractivity contribution in [2.24, 2.45) is 0 Å². The van der Waals surface area contributed by atoms with Gasteiger partial charge < -0.3 is 0 Å². The number of benzene rings is 1. The van der Waals surface area contributed by atoms with Crippen LogP contribution in [0.1, 0.15) is 22.2 Å². The van der Waals surface area contributed by atoms with Gasteiger partial charge in [-0.15, -0.1) is 11.3 Å². The van der Waals surface area contributed by atoms with E-state index in [1.54, 1.807) is 6.07 Å². The summed E-state index contributed by atoms with van der Waals surface area (Å²) in [5.74, 6) is -0.465. The molecule has 1 aliphatic heterocycles. The lowest BCUT2D eigenvalue weighted by Crippen LogP contribution is -2.49. The molecule has 0 saturated carbocycles. The first-order valence-electron chi connectivity index (χ1n) is 8.50. The normalized spacial score (nSPS) is 16.7. The van der Waals surface area contributed by atoms with E-state index in [9.17, 15) is 17.6 Å². The Labute approximate surface area is 157 Å². The second kappa shape index (κ2) is 7.96. The predicted octanol–water partition coefficient (Wildman–Crippen LogP) is 2.64. The van der Waals surface area contributed by atoms with Crippen molar-refractivity contribution >= 4 is 27.1 Å². The van der Waals surface area contributed by atoms with Gasteiger partial charge in [0.25, 0.3) is 10.0 Å². The first-order valence-corrected chi connectivity index (χ1v) is 10.8. The van der Waals surface area contributed by atoms with Crippen LogP contribution in [0.3, 0.4) is 0 Å². The Morgan fingerprint density at radius 2 is 1.73 bits per heavy atom. The minimum absolute atomic E-state index is 0.0906. The second-order valence-corrected chi connectivity index (χ2v) is 9.52. The molecule has 0 unspecified atom stereocenters. The maximum absolute atomic E-state index is 12.9. The van der Waals surface area contributed by atoms with E-state index in [0.29, 0.717) is 36.0 Å². The number of thiophene rings is 1. The number of carbonyl (C=O) groups excluding carboxylic acids is 1. The summed E-state index contributed by atoms with van der Waals surface area (Å²) in [6.45, 7) is 3.92. The maximum atomic E-state index is 12.9. The van der Waals surface area contributed by atoms with Crippen LogP contribution in [-0.2, 0) is 16.4 Å². The molecule has 8 heteroatoms. The number of Topliss-reactive ketones (excluding diaryl/α,β-unsaturated/α-hetero) is 1. The lowest BCUT2D eigenvalue weighted by atomic mass is 10.1. The van der Waals surface area contributed by atoms with E-state index < -0.39 is 10.0 Å². The summed E-state index contributed by atoms with van der Waals surface area (Å²) < 4.78 is 40.2. The van der Waals surface area contributed by atoms with Gasteiger partial charge in [0.15, 0.2) is 5.78 Å². The molecule has 1 aromatic heterocycles. The summed E-state index contributed by atoms with van der Waals surface area (Å²) in [5.41, 5.74) is 0.465. The molecule has 0 aliphatic carbocycles. The molecule has 0 atom stereocenters. The van der Waals surface area contributed by atoms with Crippen LogP contribution in [0.2, 0.25) is 0 Å². The number of hydrogen-bond donors (Lipinski definition) is 0. The van der Waals surface area contributed by atoms with E-state index in [1.807, 2.05) is 17.9 Å². The Morgan fingerprint density at radius 3 is 2.31 bits per heavy atom. The van der Waals surface area contributed by atoms with E-state index in [2.05, 4.69) is 0 Å². The molecular weight excluding hydrogens is 375 g/mol. The zero-order chi connectivity index (χ0) is 18.7. The third-order valence-electron chi connectivity index (χ3n) is 4.44. The number of nitrogens with zero attached hydrogens (tertiary/aromatic N) is 2. The number of carbonyl (C=O) groups is 1. The fraction of sp³-hybridized carbons (Fsp3) is 0.389. The molecule has 5 nitrogen and oxygen atoms in total. The van der Waals surface area contributed by atoms with E-state index in [-0.39, 0.29) is 18.1 Å². The number of aryl methyl sites for hydroxylation is 1. The molecule has 2 heterocycles. The highest BCUT2D eigenvalue weighted by Gasteiger charge is 2.30. The van der Waals surface area contributed by atoms with Crippen LogP contribution in [0.4, 0.5) is 4.39 Å². The first kappa shape index (κ1) is 19.2. The Hall–Kier alpha value is -1.61. The van der Waals surface area contributed by atoms with Crippen LogP contribution >= 0.6 is 11.3 Å². The Bertz CT molecular complexity index is 870. The quantitative estimate of drug-likeness (QED) is 0.705. The van der Waals surface area contributed by atoms with Gasteiger partial charge in [-0.25, -0.2) is 12.8 Å². The second-order valence-electron chi connectivity index (χ2n) is 6.18. The van der Waals surface area contributed by atoms with Gasteiger partial charge in [-0.05, 0) is 42.8 Å². The third kappa shape index (κ3) is 4.20. The van der Waals surface area contributed by atoms with Crippen LogP contribution in [0, 0.1) is 5.82 Å². The van der Waals surface area contributed by atoms with Gasteiger partial charge in [-0.3, -0.25) is 9.69 Å². The molecule has 0 spiro atoms. The standard InChI is InChI=1S/C18H21FN2O3S2/c1-2-16-7-8-18(25-16)26(23,24)21-11-9-20(10-12-21)13-17(22)14-3-5-15(19)6-4-14/h3-8H,2,9-13H2,1H3. The van der Waals surface area contributed by atoms with Gasteiger partial charge in [-0.1, -0.05) is 6.92 Å². The van der Waals surface area contributed by atoms with Crippen LogP contribution in [0.5, 0.6) is 0 Å². The highest BCUT2D eigenvalue weighted by atomic mass is 32.2. The Kier molecular flexibility index (Phi) is 5.86. The Balaban J connectivity index is 1.58. The molecule has 0 radical (unpaired) electrons. The van der Waals surface area contributed by atoms with E-state index in [0.717, 1.165) is 11.3 Å². The SMILES string of the molecule is CCc1ccc(S(=O)(=O)N2CCN(CC(=O)c3ccc(F)cc3)CC2)s1. The van der Waals surface area contributed by atoms with Crippen molar-refractivity contribution < 1.29 is 17.6 Å². The average molecular weight is 397 g/mol. The van der Waals surface area contributed by atoms with Crippen molar-refractivity contribution in [2.45, 2.75) is 17.6 Å². The average Bonchev–Trinajstić information content (AvgIpc) is 3.13. The molecule has 1 aliphatic rings. The summed E-state index contributed by atoms with van der Waals surface area (Å²) in [7, 11) is -3.46. The monoisotopic (exact) mass is 396 g/mol. The highest BCUT2D eigenvalue weighted by molar-refractivity contribution is 7.91. The van der Waals surface area contributed by atoms with Gasteiger partial charge in [0.05, 0.1) is 6.54 Å². The minimum Gasteiger partial charge on any atom is -0.293 e. The van der Waals surface area contributed by atoms with Crippen LogP contribution < -0.4 is 0 Å². The molecule has 0 N–H and O–H groups in total. The van der Waals surface area contributed by atoms with Crippen LogP contribution in [-0.4, -0.2) is 56.1 Å². The zero-order valence-corrected chi connectivity index (χ0v) is 16.2. The number of ketones is 1. The molecule has 1 saturated heterocycles. The molecule has 1 fully saturated rings. The molecular formula is C18H21FN2O3S2. The van der Waals surface area contributed by atoms with Crippen LogP contribution in [0.25, 0.3) is 0 Å². The van der Waals surface area contributed by atoms with Gasteiger partial charge >= 0.3 is 0 Å². The lowest BCUT2D eigenvalue weighted by molar-refractivity contribution is 0.0901. The van der Waals surface area contributed by atoms with E-state index in [1.165, 1.54) is 39.9 Å². The number of halogens is 1. The maximum Gasteiger partial charge on any atom is 0.252 e. The predicted molar refractivity (Wildman–Crippen MR) is 99.6 cm³/mol. The molecule has 0 bridgehead atoms. The van der Waals surface area contributed by atoms with Crippen molar-refractivity contribution in [3.63, 3.8) is 0 Å². The smallest absolute Gasteiger partial charge is 0.252 e. The van der Waals surface area contributed by atoms with Crippen molar-refractivity contribution in [1.82, 2.24) is 9.21 Å². The number of rotatable bonds is 6. The largest absolute Gasteiger partial charge is 0.293 e. The van der Waals surface area contributed by atoms with Gasteiger partial charge in [0, 0.05) is 36.6 Å². The molecule has 140 valence electrons. The summed E-state index contributed by atoms with van der Waals surface area (Å²) in [5, 5.41) is 0. The van der Waals surface area contributed by atoms with Crippen LogP contribution in [0.15, 0.2) is 40.6 Å². The summed E-state index contributed by atoms with van der Waals surface area (Å²) >= 11 is 1.32. The van der Waals surface area contributed by atoms with Gasteiger partial charge in [-0.2, -0.15) is 4.31 Å². The van der Waals surface area contributed by atoms with Crippen molar-refractivity contribution in [2.75, 3.05) is 32.7 Å². The number of sulfonamides is 1. The number of piperazine rings is 1. The fourth-order valence-corrected chi connectivity index (χ4v) is 5.74. The summed E-state index contributed by atoms with van der Waals surface area (Å²) in [4.78, 5) is 15.2. The fourth-order valence-electron chi connectivity index (χ4n) is 2.87. The third-order valence-corrected chi connectivity index (χ3v) is 8.04. The Morgan fingerprint density at radius 1 is 1.08 bits per heavy atom. The molecule has 1 aromatic carbocycles.